The van der Waals surface area contributed by atoms with Crippen LogP contribution in [0.2, 0.25) is 0 Å². The predicted octanol–water partition coefficient (Wildman–Crippen LogP) is 4.59. The molecule has 36 heavy (non-hydrogen) atoms. The Balaban J connectivity index is 1.51. The van der Waals surface area contributed by atoms with Crippen molar-refractivity contribution in [2.24, 2.45) is 16.7 Å². The summed E-state index contributed by atoms with van der Waals surface area (Å²) in [6.45, 7) is 10.6. The molecule has 2 aliphatic carbocycles. The van der Waals surface area contributed by atoms with Crippen molar-refractivity contribution >= 4 is 15.9 Å². The van der Waals surface area contributed by atoms with Gasteiger partial charge in [0.15, 0.2) is 0 Å². The summed E-state index contributed by atoms with van der Waals surface area (Å²) < 4.78 is 28.5. The third-order valence-corrected chi connectivity index (χ3v) is 11.5. The molecule has 2 saturated carbocycles. The minimum Gasteiger partial charge on any atom is -0.296 e. The summed E-state index contributed by atoms with van der Waals surface area (Å²) in [6, 6.07) is 17.9. The van der Waals surface area contributed by atoms with Gasteiger partial charge < -0.3 is 0 Å². The average molecular weight is 509 g/mol. The average Bonchev–Trinajstić information content (AvgIpc) is 3.35. The molecule has 1 spiro atoms. The highest BCUT2D eigenvalue weighted by Gasteiger charge is 2.72. The standard InChI is InChI=1S/C29H36N2O4S/c1-5-28(4,22-14-10-7-11-15-22)25(30-35-19-21-12-8-6-9-13-21)26(32)31-24-18-23-16-17-29(24,27(23,2)3)20-36(31,33)34/h5-15,23-25,30H,1,16-20H2,2-4H3/t23-,24-,25-,28?,29-/m1/s1. The van der Waals surface area contributed by atoms with Crippen molar-refractivity contribution in [3.05, 3.63) is 84.4 Å². The second-order valence-corrected chi connectivity index (χ2v) is 13.3. The molecular weight excluding hydrogens is 472 g/mol. The van der Waals surface area contributed by atoms with Crippen molar-refractivity contribution in [1.29, 1.82) is 0 Å². The van der Waals surface area contributed by atoms with E-state index >= 15 is 0 Å². The van der Waals surface area contributed by atoms with Gasteiger partial charge in [0.25, 0.3) is 5.91 Å². The zero-order valence-corrected chi connectivity index (χ0v) is 22.1. The Morgan fingerprint density at radius 2 is 1.83 bits per heavy atom. The number of sulfonamides is 1. The quantitative estimate of drug-likeness (QED) is 0.417. The molecule has 1 saturated heterocycles. The number of benzene rings is 2. The van der Waals surface area contributed by atoms with Crippen molar-refractivity contribution < 1.29 is 18.0 Å². The summed E-state index contributed by atoms with van der Waals surface area (Å²) in [4.78, 5) is 20.2. The van der Waals surface area contributed by atoms with Gasteiger partial charge in [-0.1, -0.05) is 80.6 Å². The zero-order valence-electron chi connectivity index (χ0n) is 21.3. The van der Waals surface area contributed by atoms with Crippen molar-refractivity contribution in [2.45, 2.75) is 64.1 Å². The fraction of sp³-hybridized carbons (Fsp3) is 0.483. The Morgan fingerprint density at radius 3 is 2.44 bits per heavy atom. The molecule has 6 nitrogen and oxygen atoms in total. The summed E-state index contributed by atoms with van der Waals surface area (Å²) >= 11 is 0. The molecule has 5 rings (SSSR count). The molecule has 2 bridgehead atoms. The van der Waals surface area contributed by atoms with Crippen LogP contribution in [0.15, 0.2) is 73.3 Å². The molecule has 0 radical (unpaired) electrons. The number of carbonyl (C=O) groups is 1. The van der Waals surface area contributed by atoms with Crippen molar-refractivity contribution in [3.63, 3.8) is 0 Å². The van der Waals surface area contributed by atoms with Gasteiger partial charge >= 0.3 is 0 Å². The van der Waals surface area contributed by atoms with Crippen molar-refractivity contribution in [3.8, 4) is 0 Å². The van der Waals surface area contributed by atoms with E-state index in [0.717, 1.165) is 30.4 Å². The molecule has 1 N–H and O–H groups in total. The summed E-state index contributed by atoms with van der Waals surface area (Å²) in [5.41, 5.74) is 3.37. The molecular formula is C29H36N2O4S. The smallest absolute Gasteiger partial charge is 0.257 e. The van der Waals surface area contributed by atoms with Gasteiger partial charge in [-0.05, 0) is 48.6 Å². The molecule has 3 aliphatic rings. The maximum absolute atomic E-state index is 14.4. The molecule has 1 aliphatic heterocycles. The summed E-state index contributed by atoms with van der Waals surface area (Å²) in [5, 5.41) is 0. The molecule has 2 aromatic carbocycles. The van der Waals surface area contributed by atoms with Gasteiger partial charge in [-0.3, -0.25) is 9.63 Å². The number of nitrogens with one attached hydrogen (secondary N) is 1. The fourth-order valence-corrected chi connectivity index (χ4v) is 9.67. The van der Waals surface area contributed by atoms with Gasteiger partial charge in [0.05, 0.1) is 18.4 Å². The monoisotopic (exact) mass is 508 g/mol. The van der Waals surface area contributed by atoms with Crippen LogP contribution in [0, 0.1) is 16.7 Å². The number of nitrogens with zero attached hydrogens (tertiary/aromatic N) is 1. The number of hydrogen-bond acceptors (Lipinski definition) is 5. The molecule has 1 unspecified atom stereocenters. The summed E-state index contributed by atoms with van der Waals surface area (Å²) in [6.07, 6.45) is 4.31. The summed E-state index contributed by atoms with van der Waals surface area (Å²) in [5.74, 6) is -0.0123. The third-order valence-electron chi connectivity index (χ3n) is 9.58. The SMILES string of the molecule is C=CC(C)(c1ccccc1)[C@H](NOCc1ccccc1)C(=O)N1[C@@H]2C[C@H]3CC[C@]2(CS1(=O)=O)C3(C)C. The molecule has 0 aromatic heterocycles. The van der Waals surface area contributed by atoms with E-state index in [1.54, 1.807) is 6.08 Å². The largest absolute Gasteiger partial charge is 0.296 e. The Bertz CT molecular complexity index is 1250. The van der Waals surface area contributed by atoms with Gasteiger partial charge in [0, 0.05) is 10.8 Å². The van der Waals surface area contributed by atoms with Crippen LogP contribution in [0.5, 0.6) is 0 Å². The highest BCUT2D eigenvalue weighted by atomic mass is 32.2. The first-order chi connectivity index (χ1) is 17.1. The normalized spacial score (nSPS) is 29.9. The molecule has 3 fully saturated rings. The fourth-order valence-electron chi connectivity index (χ4n) is 7.12. The number of hydrogen-bond donors (Lipinski definition) is 1. The minimum absolute atomic E-state index is 0.0354. The Labute approximate surface area is 214 Å². The van der Waals surface area contributed by atoms with E-state index in [9.17, 15) is 13.2 Å². The van der Waals surface area contributed by atoms with Gasteiger partial charge in [-0.2, -0.15) is 5.48 Å². The van der Waals surface area contributed by atoms with E-state index in [2.05, 4.69) is 25.9 Å². The van der Waals surface area contributed by atoms with E-state index in [-0.39, 0.29) is 29.2 Å². The molecule has 7 heteroatoms. The second-order valence-electron chi connectivity index (χ2n) is 11.4. The third kappa shape index (κ3) is 3.66. The molecule has 192 valence electrons. The van der Waals surface area contributed by atoms with E-state index in [4.69, 9.17) is 4.84 Å². The van der Waals surface area contributed by atoms with Crippen LogP contribution < -0.4 is 5.48 Å². The highest BCUT2D eigenvalue weighted by molar-refractivity contribution is 7.90. The van der Waals surface area contributed by atoms with Gasteiger partial charge in [-0.15, -0.1) is 6.58 Å². The Morgan fingerprint density at radius 1 is 1.19 bits per heavy atom. The van der Waals surface area contributed by atoms with Crippen molar-refractivity contribution in [1.82, 2.24) is 9.79 Å². The number of fused-ring (bicyclic) bond motifs is 1. The van der Waals surface area contributed by atoms with Gasteiger partial charge in [0.1, 0.15) is 6.04 Å². The zero-order chi connectivity index (χ0) is 25.8. The molecule has 2 aromatic rings. The Hall–Kier alpha value is -2.48. The van der Waals surface area contributed by atoms with E-state index < -0.39 is 27.4 Å². The maximum atomic E-state index is 14.4. The lowest BCUT2D eigenvalue weighted by Gasteiger charge is -2.40. The topological polar surface area (TPSA) is 75.7 Å². The van der Waals surface area contributed by atoms with Crippen molar-refractivity contribution in [2.75, 3.05) is 5.75 Å². The first-order valence-corrected chi connectivity index (χ1v) is 14.3. The lowest BCUT2D eigenvalue weighted by atomic mass is 9.69. The molecule has 1 heterocycles. The van der Waals surface area contributed by atoms with E-state index in [1.807, 2.05) is 67.6 Å². The van der Waals surface area contributed by atoms with E-state index in [1.165, 1.54) is 4.31 Å². The first-order valence-electron chi connectivity index (χ1n) is 12.7. The number of amides is 1. The van der Waals surface area contributed by atoms with Crippen LogP contribution in [0.3, 0.4) is 0 Å². The van der Waals surface area contributed by atoms with Gasteiger partial charge in [-0.25, -0.2) is 12.7 Å². The van der Waals surface area contributed by atoms with Crippen LogP contribution >= 0.6 is 0 Å². The highest BCUT2D eigenvalue weighted by Crippen LogP contribution is 2.70. The van der Waals surface area contributed by atoms with Crippen LogP contribution in [0.25, 0.3) is 0 Å². The Kier molecular flexibility index (Phi) is 6.17. The first kappa shape index (κ1) is 25.2. The summed E-state index contributed by atoms with van der Waals surface area (Å²) in [7, 11) is -3.78. The number of rotatable bonds is 8. The van der Waals surface area contributed by atoms with Crippen LogP contribution in [0.1, 0.15) is 51.2 Å². The van der Waals surface area contributed by atoms with Gasteiger partial charge in [0.2, 0.25) is 10.0 Å². The number of hydroxylamine groups is 1. The maximum Gasteiger partial charge on any atom is 0.257 e. The second kappa shape index (κ2) is 8.82. The predicted molar refractivity (Wildman–Crippen MR) is 140 cm³/mol. The van der Waals surface area contributed by atoms with Crippen LogP contribution in [-0.2, 0) is 31.7 Å². The lowest BCUT2D eigenvalue weighted by Crippen LogP contribution is -2.58. The minimum atomic E-state index is -3.78. The van der Waals surface area contributed by atoms with E-state index in [0.29, 0.717) is 5.92 Å². The van der Waals surface area contributed by atoms with Crippen LogP contribution in [0.4, 0.5) is 0 Å². The lowest BCUT2D eigenvalue weighted by molar-refractivity contribution is -0.138. The molecule has 5 atom stereocenters. The van der Waals surface area contributed by atoms with Crippen LogP contribution in [-0.4, -0.2) is 36.5 Å². The molecule has 1 amide bonds. The number of carbonyl (C=O) groups excluding carboxylic acids is 1.